The SMILES string of the molecule is COCCOc1c2nc(-c3cnc(OC)c(OC)c3)ccc2c(O)n1-c1cnn(CC(F)(F)F)c1. The Bertz CT molecular complexity index is 1340. The zero-order chi connectivity index (χ0) is 25.2. The highest BCUT2D eigenvalue weighted by Crippen LogP contribution is 2.40. The fourth-order valence-corrected chi connectivity index (χ4v) is 3.49. The van der Waals surface area contributed by atoms with Gasteiger partial charge in [0.2, 0.25) is 11.8 Å². The van der Waals surface area contributed by atoms with E-state index in [1.807, 2.05) is 0 Å². The summed E-state index contributed by atoms with van der Waals surface area (Å²) in [6, 6.07) is 4.99. The molecule has 186 valence electrons. The average Bonchev–Trinajstić information content (AvgIpc) is 3.39. The first-order valence-corrected chi connectivity index (χ1v) is 10.3. The highest BCUT2D eigenvalue weighted by atomic mass is 19.4. The summed E-state index contributed by atoms with van der Waals surface area (Å²) in [6.07, 6.45) is -0.533. The van der Waals surface area contributed by atoms with Gasteiger partial charge in [0.25, 0.3) is 5.88 Å². The highest BCUT2D eigenvalue weighted by molar-refractivity contribution is 5.92. The van der Waals surface area contributed by atoms with E-state index in [0.29, 0.717) is 28.3 Å². The molecule has 0 spiro atoms. The molecular formula is C22H22F3N5O5. The number of hydrogen-bond donors (Lipinski definition) is 1. The number of aromatic nitrogens is 5. The maximum Gasteiger partial charge on any atom is 0.408 e. The van der Waals surface area contributed by atoms with Crippen molar-refractivity contribution in [2.24, 2.45) is 0 Å². The maximum atomic E-state index is 12.8. The minimum atomic E-state index is -4.45. The van der Waals surface area contributed by atoms with Gasteiger partial charge in [0.1, 0.15) is 18.7 Å². The lowest BCUT2D eigenvalue weighted by Gasteiger charge is -2.10. The fourth-order valence-electron chi connectivity index (χ4n) is 3.49. The first-order chi connectivity index (χ1) is 16.8. The van der Waals surface area contributed by atoms with Crippen molar-refractivity contribution in [2.75, 3.05) is 34.5 Å². The smallest absolute Gasteiger partial charge is 0.408 e. The summed E-state index contributed by atoms with van der Waals surface area (Å²) in [7, 11) is 4.46. The number of hydrogen-bond acceptors (Lipinski definition) is 8. The number of ether oxygens (including phenoxy) is 4. The second-order valence-corrected chi connectivity index (χ2v) is 7.34. The van der Waals surface area contributed by atoms with Gasteiger partial charge in [0.05, 0.1) is 43.8 Å². The first kappa shape index (κ1) is 24.1. The van der Waals surface area contributed by atoms with E-state index in [2.05, 4.69) is 15.1 Å². The molecule has 0 aliphatic heterocycles. The molecule has 0 aliphatic carbocycles. The summed E-state index contributed by atoms with van der Waals surface area (Å²) in [5, 5.41) is 15.0. The van der Waals surface area contributed by atoms with Crippen LogP contribution in [0, 0.1) is 0 Å². The molecule has 0 radical (unpaired) electrons. The Morgan fingerprint density at radius 2 is 1.86 bits per heavy atom. The zero-order valence-electron chi connectivity index (χ0n) is 19.0. The molecule has 0 unspecified atom stereocenters. The molecule has 1 N–H and O–H groups in total. The highest BCUT2D eigenvalue weighted by Gasteiger charge is 2.29. The van der Waals surface area contributed by atoms with E-state index in [0.717, 1.165) is 10.9 Å². The largest absolute Gasteiger partial charge is 0.494 e. The molecule has 4 aromatic rings. The summed E-state index contributed by atoms with van der Waals surface area (Å²) in [5.74, 6) is 0.571. The average molecular weight is 493 g/mol. The van der Waals surface area contributed by atoms with Gasteiger partial charge in [0.15, 0.2) is 5.75 Å². The quantitative estimate of drug-likeness (QED) is 0.353. The lowest BCUT2D eigenvalue weighted by Crippen LogP contribution is -2.17. The lowest BCUT2D eigenvalue weighted by molar-refractivity contribution is -0.142. The van der Waals surface area contributed by atoms with E-state index in [-0.39, 0.29) is 36.2 Å². The van der Waals surface area contributed by atoms with Crippen molar-refractivity contribution in [2.45, 2.75) is 12.7 Å². The number of methoxy groups -OCH3 is 3. The molecule has 4 aromatic heterocycles. The molecule has 0 bridgehead atoms. The van der Waals surface area contributed by atoms with Crippen LogP contribution < -0.4 is 14.2 Å². The number of halogens is 3. The molecule has 4 rings (SSSR count). The second kappa shape index (κ2) is 9.70. The number of nitrogens with zero attached hydrogens (tertiary/aromatic N) is 5. The van der Waals surface area contributed by atoms with Crippen molar-refractivity contribution < 1.29 is 37.2 Å². The summed E-state index contributed by atoms with van der Waals surface area (Å²) < 4.78 is 61.7. The van der Waals surface area contributed by atoms with E-state index in [1.165, 1.54) is 32.1 Å². The number of pyridine rings is 2. The van der Waals surface area contributed by atoms with Crippen LogP contribution in [0.25, 0.3) is 27.8 Å². The number of rotatable bonds is 9. The molecule has 0 aromatic carbocycles. The molecule has 10 nitrogen and oxygen atoms in total. The Morgan fingerprint density at radius 3 is 2.54 bits per heavy atom. The van der Waals surface area contributed by atoms with Crippen LogP contribution >= 0.6 is 0 Å². The summed E-state index contributed by atoms with van der Waals surface area (Å²) in [6.45, 7) is -0.932. The predicted molar refractivity (Wildman–Crippen MR) is 118 cm³/mol. The van der Waals surface area contributed by atoms with Gasteiger partial charge in [-0.1, -0.05) is 0 Å². The normalized spacial score (nSPS) is 11.7. The van der Waals surface area contributed by atoms with Crippen molar-refractivity contribution in [1.29, 1.82) is 0 Å². The minimum absolute atomic E-state index is 0.107. The summed E-state index contributed by atoms with van der Waals surface area (Å²) in [5.41, 5.74) is 1.56. The van der Waals surface area contributed by atoms with Gasteiger partial charge in [-0.15, -0.1) is 0 Å². The first-order valence-electron chi connectivity index (χ1n) is 10.3. The molecule has 0 saturated carbocycles. The predicted octanol–water partition coefficient (Wildman–Crippen LogP) is 3.59. The third-order valence-corrected chi connectivity index (χ3v) is 5.03. The molecule has 13 heteroatoms. The van der Waals surface area contributed by atoms with Gasteiger partial charge in [-0.3, -0.25) is 4.68 Å². The van der Waals surface area contributed by atoms with Crippen molar-refractivity contribution in [3.05, 3.63) is 36.8 Å². The van der Waals surface area contributed by atoms with Gasteiger partial charge in [0, 0.05) is 25.1 Å². The van der Waals surface area contributed by atoms with E-state index >= 15 is 0 Å². The Kier molecular flexibility index (Phi) is 6.69. The number of aromatic hydroxyl groups is 1. The molecule has 4 heterocycles. The fraction of sp³-hybridized carbons (Fsp3) is 0.318. The van der Waals surface area contributed by atoms with Crippen molar-refractivity contribution in [3.63, 3.8) is 0 Å². The second-order valence-electron chi connectivity index (χ2n) is 7.34. The Hall–Kier alpha value is -4.00. The molecule has 0 saturated heterocycles. The van der Waals surface area contributed by atoms with Crippen LogP contribution in [0.2, 0.25) is 0 Å². The van der Waals surface area contributed by atoms with Crippen LogP contribution in [-0.4, -0.2) is 70.1 Å². The molecule has 0 aliphatic rings. The Balaban J connectivity index is 1.83. The standard InChI is InChI=1S/C22H22F3N5O5/c1-32-6-7-35-21-18-15(20(31)30(21)14-10-27-29(11-14)12-22(23,24)25)4-5-16(28-18)13-8-17(33-2)19(34-3)26-9-13/h4-5,8-11,31H,6-7,12H2,1-3H3. The lowest BCUT2D eigenvalue weighted by atomic mass is 10.1. The molecule has 0 atom stereocenters. The molecular weight excluding hydrogens is 471 g/mol. The third-order valence-electron chi connectivity index (χ3n) is 5.03. The van der Waals surface area contributed by atoms with E-state index in [9.17, 15) is 18.3 Å². The van der Waals surface area contributed by atoms with Gasteiger partial charge in [-0.25, -0.2) is 14.5 Å². The summed E-state index contributed by atoms with van der Waals surface area (Å²) >= 11 is 0. The van der Waals surface area contributed by atoms with Gasteiger partial charge in [-0.05, 0) is 18.2 Å². The van der Waals surface area contributed by atoms with Gasteiger partial charge < -0.3 is 24.1 Å². The van der Waals surface area contributed by atoms with Crippen LogP contribution in [0.1, 0.15) is 0 Å². The van der Waals surface area contributed by atoms with Crippen LogP contribution in [0.4, 0.5) is 13.2 Å². The zero-order valence-corrected chi connectivity index (χ0v) is 19.0. The van der Waals surface area contributed by atoms with Crippen molar-refractivity contribution in [3.8, 4) is 40.3 Å². The Labute approximate surface area is 197 Å². The van der Waals surface area contributed by atoms with Crippen molar-refractivity contribution >= 4 is 10.9 Å². The molecule has 0 amide bonds. The summed E-state index contributed by atoms with van der Waals surface area (Å²) in [4.78, 5) is 8.86. The van der Waals surface area contributed by atoms with E-state index in [1.54, 1.807) is 24.4 Å². The maximum absolute atomic E-state index is 12.8. The van der Waals surface area contributed by atoms with E-state index < -0.39 is 12.7 Å². The Morgan fingerprint density at radius 1 is 1.06 bits per heavy atom. The minimum Gasteiger partial charge on any atom is -0.494 e. The topological polar surface area (TPSA) is 106 Å². The number of fused-ring (bicyclic) bond motifs is 1. The van der Waals surface area contributed by atoms with Crippen LogP contribution in [0.5, 0.6) is 23.4 Å². The van der Waals surface area contributed by atoms with Crippen LogP contribution in [0.3, 0.4) is 0 Å². The van der Waals surface area contributed by atoms with Crippen molar-refractivity contribution in [1.82, 2.24) is 24.3 Å². The molecule has 35 heavy (non-hydrogen) atoms. The van der Waals surface area contributed by atoms with Gasteiger partial charge >= 0.3 is 6.18 Å². The molecule has 0 fully saturated rings. The van der Waals surface area contributed by atoms with Gasteiger partial charge in [-0.2, -0.15) is 18.3 Å². The van der Waals surface area contributed by atoms with Crippen LogP contribution in [0.15, 0.2) is 36.8 Å². The van der Waals surface area contributed by atoms with Crippen LogP contribution in [-0.2, 0) is 11.3 Å². The third kappa shape index (κ3) is 4.94. The number of alkyl halides is 3. The monoisotopic (exact) mass is 493 g/mol. The van der Waals surface area contributed by atoms with E-state index in [4.69, 9.17) is 18.9 Å².